The number of nitriles is 1. The van der Waals surface area contributed by atoms with Crippen molar-refractivity contribution in [3.8, 4) is 6.07 Å². The van der Waals surface area contributed by atoms with E-state index in [0.29, 0.717) is 24.2 Å². The summed E-state index contributed by atoms with van der Waals surface area (Å²) in [5.41, 5.74) is -1.23. The number of carbonyl (C=O) groups excluding carboxylic acids is 2. The van der Waals surface area contributed by atoms with Gasteiger partial charge in [0.15, 0.2) is 5.41 Å². The predicted molar refractivity (Wildman–Crippen MR) is 89.5 cm³/mol. The number of hydrogen-bond acceptors (Lipinski definition) is 4. The zero-order valence-electron chi connectivity index (χ0n) is 15.2. The van der Waals surface area contributed by atoms with Crippen molar-refractivity contribution in [2.45, 2.75) is 79.2 Å². The molecule has 4 heteroatoms. The van der Waals surface area contributed by atoms with Gasteiger partial charge in [-0.05, 0) is 43.9 Å². The molecule has 4 nitrogen and oxygen atoms in total. The van der Waals surface area contributed by atoms with Crippen LogP contribution >= 0.6 is 0 Å². The molecule has 1 aliphatic rings. The Labute approximate surface area is 140 Å². The molecule has 1 unspecified atom stereocenters. The van der Waals surface area contributed by atoms with Crippen molar-refractivity contribution in [3.05, 3.63) is 0 Å². The molecular weight excluding hydrogens is 290 g/mol. The van der Waals surface area contributed by atoms with Crippen LogP contribution in [0, 0.1) is 34.5 Å². The molecule has 0 spiro atoms. The molecule has 0 aliphatic heterocycles. The highest BCUT2D eigenvalue weighted by Crippen LogP contribution is 2.37. The van der Waals surface area contributed by atoms with Crippen molar-refractivity contribution in [1.82, 2.24) is 0 Å². The van der Waals surface area contributed by atoms with Gasteiger partial charge in [-0.25, -0.2) is 0 Å². The first-order chi connectivity index (χ1) is 10.7. The fourth-order valence-electron chi connectivity index (χ4n) is 3.29. The lowest BCUT2D eigenvalue weighted by Gasteiger charge is -2.37. The maximum Gasteiger partial charge on any atom is 0.326 e. The monoisotopic (exact) mass is 321 g/mol. The summed E-state index contributed by atoms with van der Waals surface area (Å²) in [6.45, 7) is 9.88. The third kappa shape index (κ3) is 5.34. The van der Waals surface area contributed by atoms with Crippen LogP contribution < -0.4 is 0 Å². The molecule has 4 atom stereocenters. The average molecular weight is 321 g/mol. The van der Waals surface area contributed by atoms with Crippen LogP contribution in [0.5, 0.6) is 0 Å². The first kappa shape index (κ1) is 19.7. The molecule has 130 valence electrons. The van der Waals surface area contributed by atoms with Gasteiger partial charge in [0, 0.05) is 12.8 Å². The summed E-state index contributed by atoms with van der Waals surface area (Å²) in [5.74, 6) is 0.961. The SMILES string of the molecule is CCC(=O)CCC(C)(C#N)C(=O)O[C@@H]1C[C@H](C)CC[C@H]1C(C)C. The normalized spacial score (nSPS) is 27.1. The molecule has 0 heterocycles. The number of esters is 1. The highest BCUT2D eigenvalue weighted by Gasteiger charge is 2.40. The summed E-state index contributed by atoms with van der Waals surface area (Å²) < 4.78 is 5.78. The lowest BCUT2D eigenvalue weighted by Crippen LogP contribution is -2.40. The molecule has 0 aromatic rings. The molecule has 0 bridgehead atoms. The van der Waals surface area contributed by atoms with E-state index in [1.807, 2.05) is 0 Å². The highest BCUT2D eigenvalue weighted by molar-refractivity contribution is 5.82. The minimum atomic E-state index is -1.23. The maximum absolute atomic E-state index is 12.6. The number of Topliss-reactive ketones (excluding diaryl/α,β-unsaturated/α-hetero) is 1. The van der Waals surface area contributed by atoms with E-state index in [2.05, 4.69) is 26.8 Å². The number of hydrogen-bond donors (Lipinski definition) is 0. The second-order valence-corrected chi connectivity index (χ2v) is 7.61. The number of nitrogens with zero attached hydrogens (tertiary/aromatic N) is 1. The molecule has 1 saturated carbocycles. The van der Waals surface area contributed by atoms with E-state index in [4.69, 9.17) is 4.74 Å². The average Bonchev–Trinajstić information content (AvgIpc) is 2.51. The van der Waals surface area contributed by atoms with Crippen LogP contribution in [0.2, 0.25) is 0 Å². The summed E-state index contributed by atoms with van der Waals surface area (Å²) in [5, 5.41) is 9.44. The van der Waals surface area contributed by atoms with E-state index in [-0.39, 0.29) is 24.7 Å². The van der Waals surface area contributed by atoms with Crippen LogP contribution in [0.15, 0.2) is 0 Å². The molecule has 0 N–H and O–H groups in total. The summed E-state index contributed by atoms with van der Waals surface area (Å²) in [4.78, 5) is 24.1. The van der Waals surface area contributed by atoms with E-state index in [1.165, 1.54) is 0 Å². The summed E-state index contributed by atoms with van der Waals surface area (Å²) in [6.07, 6.45) is 3.91. The quantitative estimate of drug-likeness (QED) is 0.656. The molecule has 1 fully saturated rings. The number of ketones is 1. The van der Waals surface area contributed by atoms with Gasteiger partial charge in [-0.1, -0.05) is 34.1 Å². The third-order valence-electron chi connectivity index (χ3n) is 5.22. The molecule has 0 radical (unpaired) electrons. The molecule has 0 aromatic carbocycles. The first-order valence-electron chi connectivity index (χ1n) is 8.87. The van der Waals surface area contributed by atoms with E-state index >= 15 is 0 Å². The lowest BCUT2D eigenvalue weighted by molar-refractivity contribution is -0.164. The predicted octanol–water partition coefficient (Wildman–Crippen LogP) is 4.28. The van der Waals surface area contributed by atoms with Crippen molar-refractivity contribution >= 4 is 11.8 Å². The van der Waals surface area contributed by atoms with Crippen LogP contribution in [0.4, 0.5) is 0 Å². The Morgan fingerprint density at radius 1 is 1.35 bits per heavy atom. The third-order valence-corrected chi connectivity index (χ3v) is 5.22. The van der Waals surface area contributed by atoms with Gasteiger partial charge in [0.1, 0.15) is 11.9 Å². The molecule has 0 amide bonds. The second kappa shape index (κ2) is 8.47. The van der Waals surface area contributed by atoms with Crippen LogP contribution in [-0.2, 0) is 14.3 Å². The van der Waals surface area contributed by atoms with Crippen molar-refractivity contribution in [2.75, 3.05) is 0 Å². The minimum Gasteiger partial charge on any atom is -0.461 e. The van der Waals surface area contributed by atoms with Gasteiger partial charge < -0.3 is 4.74 Å². The number of carbonyl (C=O) groups is 2. The second-order valence-electron chi connectivity index (χ2n) is 7.61. The van der Waals surface area contributed by atoms with Gasteiger partial charge in [-0.3, -0.25) is 9.59 Å². The van der Waals surface area contributed by atoms with Crippen molar-refractivity contribution in [1.29, 1.82) is 5.26 Å². The summed E-state index contributed by atoms with van der Waals surface area (Å²) in [6, 6.07) is 2.08. The Morgan fingerprint density at radius 3 is 2.52 bits per heavy atom. The molecule has 0 saturated heterocycles. The standard InChI is InChI=1S/C19H31NO3/c1-6-15(21)9-10-19(5,12-20)18(22)23-17-11-14(4)7-8-16(17)13(2)3/h13-14,16-17H,6-11H2,1-5H3/t14-,16+,17-,19?/m1/s1. The highest BCUT2D eigenvalue weighted by atomic mass is 16.5. The largest absolute Gasteiger partial charge is 0.461 e. The Kier molecular flexibility index (Phi) is 7.25. The molecular formula is C19H31NO3. The van der Waals surface area contributed by atoms with Crippen LogP contribution in [0.1, 0.15) is 73.1 Å². The van der Waals surface area contributed by atoms with Crippen LogP contribution in [0.3, 0.4) is 0 Å². The van der Waals surface area contributed by atoms with E-state index in [0.717, 1.165) is 19.3 Å². The summed E-state index contributed by atoms with van der Waals surface area (Å²) >= 11 is 0. The smallest absolute Gasteiger partial charge is 0.326 e. The van der Waals surface area contributed by atoms with Crippen molar-refractivity contribution in [2.24, 2.45) is 23.2 Å². The van der Waals surface area contributed by atoms with Gasteiger partial charge in [-0.15, -0.1) is 0 Å². The maximum atomic E-state index is 12.6. The molecule has 23 heavy (non-hydrogen) atoms. The number of rotatable bonds is 7. The molecule has 0 aromatic heterocycles. The van der Waals surface area contributed by atoms with Gasteiger partial charge in [0.25, 0.3) is 0 Å². The number of ether oxygens (including phenoxy) is 1. The van der Waals surface area contributed by atoms with Crippen molar-refractivity contribution < 1.29 is 14.3 Å². The topological polar surface area (TPSA) is 67.2 Å². The van der Waals surface area contributed by atoms with Gasteiger partial charge in [-0.2, -0.15) is 5.26 Å². The Morgan fingerprint density at radius 2 is 2.00 bits per heavy atom. The van der Waals surface area contributed by atoms with Gasteiger partial charge in [0.05, 0.1) is 6.07 Å². The van der Waals surface area contributed by atoms with Crippen molar-refractivity contribution in [3.63, 3.8) is 0 Å². The fourth-order valence-corrected chi connectivity index (χ4v) is 3.29. The van der Waals surface area contributed by atoms with E-state index < -0.39 is 11.4 Å². The zero-order chi connectivity index (χ0) is 17.6. The Bertz CT molecular complexity index is 466. The van der Waals surface area contributed by atoms with Gasteiger partial charge in [0.2, 0.25) is 0 Å². The fraction of sp³-hybridized carbons (Fsp3) is 0.842. The van der Waals surface area contributed by atoms with E-state index in [9.17, 15) is 14.9 Å². The Hall–Kier alpha value is -1.37. The summed E-state index contributed by atoms with van der Waals surface area (Å²) in [7, 11) is 0. The lowest BCUT2D eigenvalue weighted by atomic mass is 9.75. The Balaban J connectivity index is 2.76. The van der Waals surface area contributed by atoms with Gasteiger partial charge >= 0.3 is 5.97 Å². The molecule has 1 aliphatic carbocycles. The first-order valence-corrected chi connectivity index (χ1v) is 8.87. The molecule has 1 rings (SSSR count). The minimum absolute atomic E-state index is 0.0746. The van der Waals surface area contributed by atoms with E-state index in [1.54, 1.807) is 13.8 Å². The van der Waals surface area contributed by atoms with Crippen LogP contribution in [-0.4, -0.2) is 17.9 Å². The van der Waals surface area contributed by atoms with Crippen LogP contribution in [0.25, 0.3) is 0 Å². The zero-order valence-corrected chi connectivity index (χ0v) is 15.2.